The summed E-state index contributed by atoms with van der Waals surface area (Å²) in [5.41, 5.74) is 4.26. The summed E-state index contributed by atoms with van der Waals surface area (Å²) in [5, 5.41) is 0. The molecule has 0 fully saturated rings. The lowest BCUT2D eigenvalue weighted by molar-refractivity contribution is 0.947. The molecule has 0 aliphatic heterocycles. The molecule has 1 aromatic heterocycles. The Balaban J connectivity index is 3.37. The number of aromatic nitrogens is 1. The molecule has 0 aliphatic rings. The molecule has 92 valence electrons. The van der Waals surface area contributed by atoms with E-state index < -0.39 is 0 Å². The van der Waals surface area contributed by atoms with Crippen LogP contribution in [0.1, 0.15) is 32.0 Å². The monoisotopic (exact) mass is 231 g/mol. The largest absolute Gasteiger partial charge is 0.373 e. The van der Waals surface area contributed by atoms with E-state index in [1.807, 2.05) is 32.2 Å². The highest BCUT2D eigenvalue weighted by atomic mass is 15.1. The summed E-state index contributed by atoms with van der Waals surface area (Å²) in [6, 6.07) is 2.04. The second-order valence-electron chi connectivity index (χ2n) is 3.90. The summed E-state index contributed by atoms with van der Waals surface area (Å²) in [4.78, 5) is 11.1. The van der Waals surface area contributed by atoms with Gasteiger partial charge in [0.1, 0.15) is 5.69 Å². The molecule has 0 N–H and O–H groups in total. The molecule has 0 unspecified atom stereocenters. The van der Waals surface area contributed by atoms with E-state index >= 15 is 0 Å². The SMILES string of the molecule is C/C=N\C(=C/C)c1nccc(C)c1N(C)CC. The maximum absolute atomic E-state index is 4.47. The Bertz CT molecular complexity index is 433. The fourth-order valence-corrected chi connectivity index (χ4v) is 1.79. The molecular weight excluding hydrogens is 210 g/mol. The van der Waals surface area contributed by atoms with Crippen LogP contribution >= 0.6 is 0 Å². The fourth-order valence-electron chi connectivity index (χ4n) is 1.79. The molecular formula is C14H21N3. The number of pyridine rings is 1. The number of nitrogens with zero attached hydrogens (tertiary/aromatic N) is 3. The zero-order valence-corrected chi connectivity index (χ0v) is 11.4. The van der Waals surface area contributed by atoms with Crippen LogP contribution in [0, 0.1) is 6.92 Å². The van der Waals surface area contributed by atoms with Crippen molar-refractivity contribution in [2.75, 3.05) is 18.5 Å². The van der Waals surface area contributed by atoms with Crippen LogP contribution in [-0.4, -0.2) is 24.8 Å². The van der Waals surface area contributed by atoms with Crippen LogP contribution in [0.4, 0.5) is 5.69 Å². The molecule has 3 nitrogen and oxygen atoms in total. The summed E-state index contributed by atoms with van der Waals surface area (Å²) in [5.74, 6) is 0. The molecule has 0 aromatic carbocycles. The van der Waals surface area contributed by atoms with Crippen molar-refractivity contribution in [2.24, 2.45) is 4.99 Å². The van der Waals surface area contributed by atoms with E-state index in [0.717, 1.165) is 23.6 Å². The highest BCUT2D eigenvalue weighted by Gasteiger charge is 2.13. The van der Waals surface area contributed by atoms with Gasteiger partial charge in [0.25, 0.3) is 0 Å². The van der Waals surface area contributed by atoms with Crippen LogP contribution < -0.4 is 4.90 Å². The predicted octanol–water partition coefficient (Wildman–Crippen LogP) is 3.30. The molecule has 1 heterocycles. The van der Waals surface area contributed by atoms with Gasteiger partial charge in [-0.1, -0.05) is 6.08 Å². The first-order chi connectivity index (χ1) is 8.15. The summed E-state index contributed by atoms with van der Waals surface area (Å²) < 4.78 is 0. The zero-order chi connectivity index (χ0) is 12.8. The topological polar surface area (TPSA) is 28.5 Å². The van der Waals surface area contributed by atoms with Gasteiger partial charge in [0, 0.05) is 26.0 Å². The predicted molar refractivity (Wildman–Crippen MR) is 75.7 cm³/mol. The third-order valence-corrected chi connectivity index (χ3v) is 2.77. The van der Waals surface area contributed by atoms with Gasteiger partial charge in [-0.05, 0) is 39.3 Å². The van der Waals surface area contributed by atoms with Crippen LogP contribution in [0.5, 0.6) is 0 Å². The minimum absolute atomic E-state index is 0.923. The third-order valence-electron chi connectivity index (χ3n) is 2.77. The van der Waals surface area contributed by atoms with Gasteiger partial charge in [-0.25, -0.2) is 0 Å². The van der Waals surface area contributed by atoms with Gasteiger partial charge in [0.2, 0.25) is 0 Å². The Labute approximate surface area is 104 Å². The molecule has 0 amide bonds. The number of aliphatic imine (C=N–C) groups is 1. The van der Waals surface area contributed by atoms with Crippen molar-refractivity contribution in [3.8, 4) is 0 Å². The third kappa shape index (κ3) is 2.93. The van der Waals surface area contributed by atoms with Gasteiger partial charge in [-0.3, -0.25) is 9.98 Å². The first kappa shape index (κ1) is 13.4. The fraction of sp³-hybridized carbons (Fsp3) is 0.429. The van der Waals surface area contributed by atoms with Crippen molar-refractivity contribution >= 4 is 17.6 Å². The van der Waals surface area contributed by atoms with Crippen molar-refractivity contribution in [3.05, 3.63) is 29.6 Å². The smallest absolute Gasteiger partial charge is 0.112 e. The maximum Gasteiger partial charge on any atom is 0.112 e. The van der Waals surface area contributed by atoms with Gasteiger partial charge < -0.3 is 4.90 Å². The highest BCUT2D eigenvalue weighted by molar-refractivity contribution is 5.79. The summed E-state index contributed by atoms with van der Waals surface area (Å²) in [6.07, 6.45) is 5.64. The number of anilines is 1. The van der Waals surface area contributed by atoms with Gasteiger partial charge in [-0.2, -0.15) is 0 Å². The maximum atomic E-state index is 4.47. The highest BCUT2D eigenvalue weighted by Crippen LogP contribution is 2.28. The Kier molecular flexibility index (Phi) is 4.88. The number of allylic oxidation sites excluding steroid dienone is 1. The summed E-state index contributed by atoms with van der Waals surface area (Å²) in [7, 11) is 2.08. The van der Waals surface area contributed by atoms with E-state index in [1.54, 1.807) is 6.21 Å². The molecule has 0 bridgehead atoms. The second kappa shape index (κ2) is 6.18. The second-order valence-corrected chi connectivity index (χ2v) is 3.90. The number of rotatable bonds is 4. The zero-order valence-electron chi connectivity index (χ0n) is 11.4. The molecule has 0 spiro atoms. The lowest BCUT2D eigenvalue weighted by Crippen LogP contribution is -2.19. The van der Waals surface area contributed by atoms with E-state index in [-0.39, 0.29) is 0 Å². The van der Waals surface area contributed by atoms with Gasteiger partial charge >= 0.3 is 0 Å². The van der Waals surface area contributed by atoms with Crippen molar-refractivity contribution < 1.29 is 0 Å². The Hall–Kier alpha value is -1.64. The molecule has 0 saturated carbocycles. The lowest BCUT2D eigenvalue weighted by Gasteiger charge is -2.22. The molecule has 3 heteroatoms. The minimum atomic E-state index is 0.923. The number of hydrogen-bond donors (Lipinski definition) is 0. The van der Waals surface area contributed by atoms with E-state index in [2.05, 4.69) is 35.8 Å². The van der Waals surface area contributed by atoms with Gasteiger partial charge in [0.15, 0.2) is 0 Å². The van der Waals surface area contributed by atoms with E-state index in [0.29, 0.717) is 0 Å². The standard InChI is InChI=1S/C14H21N3/c1-6-12(15-7-2)13-14(17(5)8-3)11(4)9-10-16-13/h6-7,9-10H,8H2,1-5H3/b12-6-,15-7-. The van der Waals surface area contributed by atoms with Crippen molar-refractivity contribution in [2.45, 2.75) is 27.7 Å². The number of hydrogen-bond acceptors (Lipinski definition) is 3. The molecule has 0 aliphatic carbocycles. The average Bonchev–Trinajstić information content (AvgIpc) is 2.34. The Morgan fingerprint density at radius 2 is 2.18 bits per heavy atom. The molecule has 0 radical (unpaired) electrons. The molecule has 1 rings (SSSR count). The summed E-state index contributed by atoms with van der Waals surface area (Å²) >= 11 is 0. The molecule has 17 heavy (non-hydrogen) atoms. The van der Waals surface area contributed by atoms with Gasteiger partial charge in [-0.15, -0.1) is 0 Å². The van der Waals surface area contributed by atoms with E-state index in [1.165, 1.54) is 5.56 Å². The van der Waals surface area contributed by atoms with Crippen molar-refractivity contribution in [1.82, 2.24) is 4.98 Å². The average molecular weight is 231 g/mol. The first-order valence-electron chi connectivity index (χ1n) is 5.97. The number of aryl methyl sites for hydroxylation is 1. The van der Waals surface area contributed by atoms with Crippen LogP contribution in [0.2, 0.25) is 0 Å². The molecule has 0 saturated heterocycles. The van der Waals surface area contributed by atoms with Crippen molar-refractivity contribution in [3.63, 3.8) is 0 Å². The van der Waals surface area contributed by atoms with E-state index in [4.69, 9.17) is 0 Å². The Morgan fingerprint density at radius 3 is 2.71 bits per heavy atom. The minimum Gasteiger partial charge on any atom is -0.373 e. The first-order valence-corrected chi connectivity index (χ1v) is 5.97. The molecule has 1 aromatic rings. The quantitative estimate of drug-likeness (QED) is 0.744. The van der Waals surface area contributed by atoms with Crippen LogP contribution in [-0.2, 0) is 0 Å². The molecule has 0 atom stereocenters. The van der Waals surface area contributed by atoms with E-state index in [9.17, 15) is 0 Å². The van der Waals surface area contributed by atoms with Crippen LogP contribution in [0.15, 0.2) is 23.3 Å². The van der Waals surface area contributed by atoms with Gasteiger partial charge in [0.05, 0.1) is 11.4 Å². The van der Waals surface area contributed by atoms with Crippen LogP contribution in [0.25, 0.3) is 5.70 Å². The normalized spacial score (nSPS) is 12.2. The van der Waals surface area contributed by atoms with Crippen LogP contribution in [0.3, 0.4) is 0 Å². The Morgan fingerprint density at radius 1 is 1.47 bits per heavy atom. The lowest BCUT2D eigenvalue weighted by atomic mass is 10.1. The van der Waals surface area contributed by atoms with Crippen molar-refractivity contribution in [1.29, 1.82) is 0 Å². The summed E-state index contributed by atoms with van der Waals surface area (Å²) in [6.45, 7) is 9.10.